The maximum atomic E-state index is 12.7. The van der Waals surface area contributed by atoms with Crippen molar-refractivity contribution in [1.29, 1.82) is 0 Å². The molecule has 2 heterocycles. The first-order chi connectivity index (χ1) is 13.5. The van der Waals surface area contributed by atoms with Gasteiger partial charge in [-0.3, -0.25) is 4.79 Å². The van der Waals surface area contributed by atoms with Gasteiger partial charge in [-0.1, -0.05) is 6.92 Å². The molecule has 8 heteroatoms. The van der Waals surface area contributed by atoms with Crippen LogP contribution in [-0.2, 0) is 0 Å². The molecule has 0 spiro atoms. The molecule has 0 unspecified atom stereocenters. The number of methoxy groups -OCH3 is 2. The predicted octanol–water partition coefficient (Wildman–Crippen LogP) is 2.20. The third-order valence-electron chi connectivity index (χ3n) is 4.92. The molecule has 150 valence electrons. The first kappa shape index (κ1) is 19.9. The molecule has 8 nitrogen and oxygen atoms in total. The van der Waals surface area contributed by atoms with Crippen LogP contribution in [0.15, 0.2) is 24.4 Å². The molecule has 3 rings (SSSR count). The summed E-state index contributed by atoms with van der Waals surface area (Å²) in [5, 5.41) is 2.86. The summed E-state index contributed by atoms with van der Waals surface area (Å²) in [6, 6.07) is 5.22. The maximum Gasteiger partial charge on any atom is 0.259 e. The lowest BCUT2D eigenvalue weighted by molar-refractivity contribution is 0.102. The molecule has 1 aliphatic heterocycles. The van der Waals surface area contributed by atoms with E-state index in [1.54, 1.807) is 38.6 Å². The Labute approximate surface area is 165 Å². The van der Waals surface area contributed by atoms with E-state index in [1.165, 1.54) is 0 Å². The Morgan fingerprint density at radius 2 is 1.75 bits per heavy atom. The second-order valence-corrected chi connectivity index (χ2v) is 6.65. The van der Waals surface area contributed by atoms with Crippen molar-refractivity contribution in [2.45, 2.75) is 13.8 Å². The quantitative estimate of drug-likeness (QED) is 0.816. The van der Waals surface area contributed by atoms with Crippen LogP contribution in [-0.4, -0.2) is 67.7 Å². The summed E-state index contributed by atoms with van der Waals surface area (Å²) in [6.45, 7) is 8.83. The second kappa shape index (κ2) is 8.88. The van der Waals surface area contributed by atoms with Crippen molar-refractivity contribution in [2.75, 3.05) is 57.2 Å². The number of rotatable bonds is 6. The number of benzene rings is 1. The number of amides is 1. The molecule has 2 aromatic rings. The number of carbonyl (C=O) groups excluding carboxylic acids is 1. The fourth-order valence-corrected chi connectivity index (χ4v) is 3.17. The summed E-state index contributed by atoms with van der Waals surface area (Å²) < 4.78 is 10.5. The number of ether oxygens (including phenoxy) is 2. The molecule has 0 radical (unpaired) electrons. The van der Waals surface area contributed by atoms with Crippen molar-refractivity contribution in [1.82, 2.24) is 14.9 Å². The second-order valence-electron chi connectivity index (χ2n) is 6.65. The van der Waals surface area contributed by atoms with Gasteiger partial charge in [0.25, 0.3) is 5.91 Å². The highest BCUT2D eigenvalue weighted by molar-refractivity contribution is 6.05. The van der Waals surface area contributed by atoms with Gasteiger partial charge < -0.3 is 24.6 Å². The highest BCUT2D eigenvalue weighted by Crippen LogP contribution is 2.26. The van der Waals surface area contributed by atoms with Gasteiger partial charge in [-0.2, -0.15) is 0 Å². The summed E-state index contributed by atoms with van der Waals surface area (Å²) >= 11 is 0. The molecule has 0 atom stereocenters. The Bertz CT molecular complexity index is 812. The van der Waals surface area contributed by atoms with Gasteiger partial charge in [0.1, 0.15) is 11.5 Å². The lowest BCUT2D eigenvalue weighted by Gasteiger charge is -2.34. The van der Waals surface area contributed by atoms with Gasteiger partial charge in [0.05, 0.1) is 25.5 Å². The summed E-state index contributed by atoms with van der Waals surface area (Å²) in [4.78, 5) is 26.3. The van der Waals surface area contributed by atoms with E-state index >= 15 is 0 Å². The van der Waals surface area contributed by atoms with Crippen LogP contribution in [0, 0.1) is 6.92 Å². The van der Waals surface area contributed by atoms with Crippen molar-refractivity contribution in [2.24, 2.45) is 0 Å². The Balaban J connectivity index is 1.73. The summed E-state index contributed by atoms with van der Waals surface area (Å²) in [7, 11) is 3.13. The third-order valence-corrected chi connectivity index (χ3v) is 4.92. The van der Waals surface area contributed by atoms with Crippen molar-refractivity contribution in [3.8, 4) is 11.5 Å². The molecule has 1 fully saturated rings. The average Bonchev–Trinajstić information content (AvgIpc) is 2.73. The van der Waals surface area contributed by atoms with Crippen molar-refractivity contribution >= 4 is 17.5 Å². The molecule has 1 aliphatic rings. The minimum absolute atomic E-state index is 0.268. The Kier molecular flexibility index (Phi) is 6.30. The molecule has 1 aromatic carbocycles. The lowest BCUT2D eigenvalue weighted by Crippen LogP contribution is -2.46. The van der Waals surface area contributed by atoms with Gasteiger partial charge in [-0.15, -0.1) is 0 Å². The number of nitrogens with one attached hydrogen (secondary N) is 1. The zero-order valence-electron chi connectivity index (χ0n) is 16.9. The standard InChI is InChI=1S/C20H27N5O3/c1-5-24-6-8-25(9-7-24)20-21-13-18(14(2)22-20)19(26)23-15-10-16(27-3)12-17(11-15)28-4/h10-13H,5-9H2,1-4H3,(H,23,26). The van der Waals surface area contributed by atoms with E-state index in [-0.39, 0.29) is 5.91 Å². The molecule has 0 aliphatic carbocycles. The van der Waals surface area contributed by atoms with Crippen molar-refractivity contribution < 1.29 is 14.3 Å². The number of hydrogen-bond acceptors (Lipinski definition) is 7. The predicted molar refractivity (Wildman–Crippen MR) is 109 cm³/mol. The van der Waals surface area contributed by atoms with E-state index in [1.807, 2.05) is 6.92 Å². The van der Waals surface area contributed by atoms with E-state index < -0.39 is 0 Å². The van der Waals surface area contributed by atoms with Gasteiger partial charge in [-0.25, -0.2) is 9.97 Å². The SMILES string of the molecule is CCN1CCN(c2ncc(C(=O)Nc3cc(OC)cc(OC)c3)c(C)n2)CC1. The van der Waals surface area contributed by atoms with E-state index in [2.05, 4.69) is 32.0 Å². The monoisotopic (exact) mass is 385 g/mol. The fourth-order valence-electron chi connectivity index (χ4n) is 3.17. The Hall–Kier alpha value is -2.87. The Morgan fingerprint density at radius 1 is 1.11 bits per heavy atom. The molecule has 1 amide bonds. The van der Waals surface area contributed by atoms with E-state index in [0.29, 0.717) is 34.4 Å². The number of hydrogen-bond donors (Lipinski definition) is 1. The average molecular weight is 385 g/mol. The van der Waals surface area contributed by atoms with Crippen LogP contribution in [0.4, 0.5) is 11.6 Å². The number of likely N-dealkylation sites (N-methyl/N-ethyl adjacent to an activating group) is 1. The molecule has 28 heavy (non-hydrogen) atoms. The fraction of sp³-hybridized carbons (Fsp3) is 0.450. The molecule has 1 N–H and O–H groups in total. The maximum absolute atomic E-state index is 12.7. The number of aromatic nitrogens is 2. The minimum Gasteiger partial charge on any atom is -0.497 e. The first-order valence-corrected chi connectivity index (χ1v) is 9.39. The summed E-state index contributed by atoms with van der Waals surface area (Å²) in [6.07, 6.45) is 1.59. The largest absolute Gasteiger partial charge is 0.497 e. The number of carbonyl (C=O) groups is 1. The molecule has 0 bridgehead atoms. The minimum atomic E-state index is -0.268. The van der Waals surface area contributed by atoms with Crippen molar-refractivity contribution in [3.05, 3.63) is 35.7 Å². The molecule has 0 saturated carbocycles. The number of piperazine rings is 1. The third kappa shape index (κ3) is 4.51. The van der Waals surface area contributed by atoms with Crippen LogP contribution in [0.5, 0.6) is 11.5 Å². The molecule has 1 aromatic heterocycles. The van der Waals surface area contributed by atoms with Gasteiger partial charge in [0.15, 0.2) is 0 Å². The van der Waals surface area contributed by atoms with Crippen LogP contribution in [0.2, 0.25) is 0 Å². The van der Waals surface area contributed by atoms with E-state index in [9.17, 15) is 4.79 Å². The molecule has 1 saturated heterocycles. The summed E-state index contributed by atoms with van der Waals surface area (Å²) in [5.41, 5.74) is 1.67. The summed E-state index contributed by atoms with van der Waals surface area (Å²) in [5.74, 6) is 1.61. The van der Waals surface area contributed by atoms with Gasteiger partial charge in [0.2, 0.25) is 5.95 Å². The number of nitrogens with zero attached hydrogens (tertiary/aromatic N) is 4. The first-order valence-electron chi connectivity index (χ1n) is 9.39. The molecular formula is C20H27N5O3. The van der Waals surface area contributed by atoms with Gasteiger partial charge >= 0.3 is 0 Å². The topological polar surface area (TPSA) is 79.8 Å². The number of anilines is 2. The van der Waals surface area contributed by atoms with E-state index in [0.717, 1.165) is 32.7 Å². The van der Waals surface area contributed by atoms with Crippen LogP contribution in [0.1, 0.15) is 23.0 Å². The van der Waals surface area contributed by atoms with Gasteiger partial charge in [0, 0.05) is 56.3 Å². The van der Waals surface area contributed by atoms with E-state index in [4.69, 9.17) is 9.47 Å². The van der Waals surface area contributed by atoms with Gasteiger partial charge in [-0.05, 0) is 13.5 Å². The zero-order chi connectivity index (χ0) is 20.1. The smallest absolute Gasteiger partial charge is 0.259 e. The molecular weight excluding hydrogens is 358 g/mol. The normalized spacial score (nSPS) is 14.6. The van der Waals surface area contributed by atoms with Crippen LogP contribution >= 0.6 is 0 Å². The zero-order valence-corrected chi connectivity index (χ0v) is 16.9. The highest BCUT2D eigenvalue weighted by atomic mass is 16.5. The van der Waals surface area contributed by atoms with Crippen molar-refractivity contribution in [3.63, 3.8) is 0 Å². The highest BCUT2D eigenvalue weighted by Gasteiger charge is 2.20. The van der Waals surface area contributed by atoms with Crippen LogP contribution in [0.25, 0.3) is 0 Å². The van der Waals surface area contributed by atoms with Crippen LogP contribution in [0.3, 0.4) is 0 Å². The number of aryl methyl sites for hydroxylation is 1. The van der Waals surface area contributed by atoms with Crippen LogP contribution < -0.4 is 19.7 Å². The lowest BCUT2D eigenvalue weighted by atomic mass is 10.2. The Morgan fingerprint density at radius 3 is 2.29 bits per heavy atom.